The van der Waals surface area contributed by atoms with Crippen molar-refractivity contribution in [3.8, 4) is 0 Å². The van der Waals surface area contributed by atoms with Gasteiger partial charge in [-0.1, -0.05) is 12.1 Å². The van der Waals surface area contributed by atoms with Crippen molar-refractivity contribution in [3.05, 3.63) is 42.0 Å². The Balaban J connectivity index is 2.85. The second-order valence-corrected chi connectivity index (χ2v) is 4.31. The van der Waals surface area contributed by atoms with Crippen LogP contribution in [0.4, 0.5) is 5.69 Å². The molecule has 0 aliphatic carbocycles. The van der Waals surface area contributed by atoms with Crippen LogP contribution >= 0.6 is 0 Å². The summed E-state index contributed by atoms with van der Waals surface area (Å²) in [7, 11) is 1.57. The highest BCUT2D eigenvalue weighted by Gasteiger charge is 2.16. The molecule has 1 unspecified atom stereocenters. The lowest BCUT2D eigenvalue weighted by Gasteiger charge is -2.15. The third-order valence-electron chi connectivity index (χ3n) is 2.90. The van der Waals surface area contributed by atoms with Crippen molar-refractivity contribution in [2.75, 3.05) is 19.0 Å². The smallest absolute Gasteiger partial charge is 0.253 e. The Morgan fingerprint density at radius 3 is 2.75 bits per heavy atom. The second kappa shape index (κ2) is 7.45. The van der Waals surface area contributed by atoms with E-state index in [1.807, 2.05) is 0 Å². The molecule has 2 N–H and O–H groups in total. The summed E-state index contributed by atoms with van der Waals surface area (Å²) < 4.78 is 5.25. The maximum atomic E-state index is 12.0. The first-order valence-corrected chi connectivity index (χ1v) is 6.36. The molecule has 0 aliphatic rings. The molecule has 0 fully saturated rings. The molecule has 0 bridgehead atoms. The maximum absolute atomic E-state index is 12.0. The van der Waals surface area contributed by atoms with E-state index in [2.05, 4.69) is 17.2 Å². The van der Waals surface area contributed by atoms with Crippen molar-refractivity contribution in [1.29, 1.82) is 0 Å². The molecule has 5 nitrogen and oxygen atoms in total. The van der Waals surface area contributed by atoms with Gasteiger partial charge in [0, 0.05) is 18.3 Å². The number of hydrogen-bond acceptors (Lipinski definition) is 3. The van der Waals surface area contributed by atoms with Gasteiger partial charge < -0.3 is 15.4 Å². The first-order chi connectivity index (χ1) is 9.51. The Labute approximate surface area is 119 Å². The number of carbonyl (C=O) groups excluding carboxylic acids is 2. The lowest BCUT2D eigenvalue weighted by Crippen LogP contribution is -2.28. The molecule has 0 heterocycles. The number of carbonyl (C=O) groups is 2. The highest BCUT2D eigenvalue weighted by molar-refractivity contribution is 6.00. The summed E-state index contributed by atoms with van der Waals surface area (Å²) in [6.45, 7) is 7.29. The number of anilines is 1. The molecule has 1 aromatic carbocycles. The second-order valence-electron chi connectivity index (χ2n) is 4.31. The zero-order valence-electron chi connectivity index (χ0n) is 12.0. The van der Waals surface area contributed by atoms with Gasteiger partial charge in [-0.3, -0.25) is 9.59 Å². The third-order valence-corrected chi connectivity index (χ3v) is 2.90. The van der Waals surface area contributed by atoms with E-state index in [4.69, 9.17) is 4.74 Å². The molecule has 0 saturated carbocycles. The van der Waals surface area contributed by atoms with E-state index in [1.54, 1.807) is 45.2 Å². The van der Waals surface area contributed by atoms with Gasteiger partial charge in [0.2, 0.25) is 0 Å². The van der Waals surface area contributed by atoms with Gasteiger partial charge in [-0.25, -0.2) is 0 Å². The summed E-state index contributed by atoms with van der Waals surface area (Å²) in [6.07, 6.45) is 0.998. The van der Waals surface area contributed by atoms with Gasteiger partial charge in [-0.2, -0.15) is 0 Å². The Morgan fingerprint density at radius 1 is 1.45 bits per heavy atom. The Kier molecular flexibility index (Phi) is 5.93. The Hall–Kier alpha value is -2.14. The number of rotatable bonds is 6. The van der Waals surface area contributed by atoms with E-state index in [9.17, 15) is 9.59 Å². The fourth-order valence-electron chi connectivity index (χ4n) is 1.67. The summed E-state index contributed by atoms with van der Waals surface area (Å²) in [5.74, 6) is -0.446. The summed E-state index contributed by atoms with van der Waals surface area (Å²) in [4.78, 5) is 23.6. The summed E-state index contributed by atoms with van der Waals surface area (Å²) in [5.41, 5.74) is 1.85. The quantitative estimate of drug-likeness (QED) is 0.780. The molecule has 1 atom stereocenters. The molecule has 0 radical (unpaired) electrons. The predicted molar refractivity (Wildman–Crippen MR) is 78.8 cm³/mol. The molecular weight excluding hydrogens is 256 g/mol. The van der Waals surface area contributed by atoms with Gasteiger partial charge in [0.25, 0.3) is 11.8 Å². The van der Waals surface area contributed by atoms with Crippen molar-refractivity contribution < 1.29 is 14.3 Å². The molecule has 0 aromatic heterocycles. The van der Waals surface area contributed by atoms with Crippen LogP contribution in [0.1, 0.15) is 22.8 Å². The van der Waals surface area contributed by atoms with Crippen molar-refractivity contribution >= 4 is 17.5 Å². The third kappa shape index (κ3) is 3.93. The van der Waals surface area contributed by atoms with Crippen LogP contribution in [0.2, 0.25) is 0 Å². The van der Waals surface area contributed by atoms with Crippen LogP contribution in [-0.4, -0.2) is 31.6 Å². The summed E-state index contributed by atoms with van der Waals surface area (Å²) >= 11 is 0. The van der Waals surface area contributed by atoms with Crippen LogP contribution in [0.5, 0.6) is 0 Å². The predicted octanol–water partition coefficient (Wildman–Crippen LogP) is 1.88. The number of nitrogens with one attached hydrogen (secondary N) is 2. The molecule has 0 saturated heterocycles. The van der Waals surface area contributed by atoms with E-state index >= 15 is 0 Å². The first-order valence-electron chi connectivity index (χ1n) is 6.36. The summed E-state index contributed by atoms with van der Waals surface area (Å²) in [6, 6.07) is 5.18. The fourth-order valence-corrected chi connectivity index (χ4v) is 1.67. The lowest BCUT2D eigenvalue weighted by atomic mass is 10.1. The fraction of sp³-hybridized carbons (Fsp3) is 0.333. The van der Waals surface area contributed by atoms with Crippen LogP contribution in [0.15, 0.2) is 30.9 Å². The van der Waals surface area contributed by atoms with Gasteiger partial charge in [0.15, 0.2) is 0 Å². The minimum atomic E-state index is -0.587. The van der Waals surface area contributed by atoms with E-state index in [-0.39, 0.29) is 11.8 Å². The van der Waals surface area contributed by atoms with E-state index in [0.717, 1.165) is 5.56 Å². The molecule has 0 aliphatic heterocycles. The Bertz CT molecular complexity index is 512. The molecule has 108 valence electrons. The van der Waals surface area contributed by atoms with E-state index in [1.165, 1.54) is 0 Å². The number of hydrogen-bond donors (Lipinski definition) is 2. The molecule has 1 aromatic rings. The summed E-state index contributed by atoms with van der Waals surface area (Å²) in [5, 5.41) is 5.33. The maximum Gasteiger partial charge on any atom is 0.253 e. The molecule has 0 spiro atoms. The van der Waals surface area contributed by atoms with Crippen LogP contribution in [0.3, 0.4) is 0 Å². The van der Waals surface area contributed by atoms with Gasteiger partial charge >= 0.3 is 0 Å². The lowest BCUT2D eigenvalue weighted by molar-refractivity contribution is -0.125. The van der Waals surface area contributed by atoms with E-state index < -0.39 is 6.10 Å². The zero-order chi connectivity index (χ0) is 15.1. The van der Waals surface area contributed by atoms with Gasteiger partial charge in [-0.05, 0) is 31.5 Å². The van der Waals surface area contributed by atoms with Crippen LogP contribution in [0.25, 0.3) is 0 Å². The molecule has 2 amide bonds. The monoisotopic (exact) mass is 276 g/mol. The van der Waals surface area contributed by atoms with Gasteiger partial charge in [0.05, 0.1) is 6.61 Å². The SMILES string of the molecule is C=CCOC(C)C(=O)Nc1cccc(C(=O)NC)c1C. The van der Waals surface area contributed by atoms with Crippen molar-refractivity contribution in [2.45, 2.75) is 20.0 Å². The Morgan fingerprint density at radius 2 is 2.15 bits per heavy atom. The van der Waals surface area contributed by atoms with Crippen LogP contribution < -0.4 is 10.6 Å². The normalized spacial score (nSPS) is 11.6. The topological polar surface area (TPSA) is 67.4 Å². The van der Waals surface area contributed by atoms with Crippen LogP contribution in [0, 0.1) is 6.92 Å². The minimum absolute atomic E-state index is 0.186. The highest BCUT2D eigenvalue weighted by Crippen LogP contribution is 2.19. The number of amides is 2. The minimum Gasteiger partial charge on any atom is -0.365 e. The number of ether oxygens (including phenoxy) is 1. The van der Waals surface area contributed by atoms with Gasteiger partial charge in [-0.15, -0.1) is 6.58 Å². The van der Waals surface area contributed by atoms with E-state index in [0.29, 0.717) is 17.9 Å². The van der Waals surface area contributed by atoms with Crippen molar-refractivity contribution in [3.63, 3.8) is 0 Å². The largest absolute Gasteiger partial charge is 0.365 e. The number of benzene rings is 1. The van der Waals surface area contributed by atoms with Crippen molar-refractivity contribution in [1.82, 2.24) is 5.32 Å². The highest BCUT2D eigenvalue weighted by atomic mass is 16.5. The van der Waals surface area contributed by atoms with Gasteiger partial charge in [0.1, 0.15) is 6.10 Å². The molecule has 5 heteroatoms. The van der Waals surface area contributed by atoms with Crippen LogP contribution in [-0.2, 0) is 9.53 Å². The standard InChI is InChI=1S/C15H20N2O3/c1-5-9-20-11(3)14(18)17-13-8-6-7-12(10(13)2)15(19)16-4/h5-8,11H,1,9H2,2-4H3,(H,16,19)(H,17,18). The average molecular weight is 276 g/mol. The molecule has 1 rings (SSSR count). The molecular formula is C15H20N2O3. The zero-order valence-corrected chi connectivity index (χ0v) is 12.0. The first kappa shape index (κ1) is 15.9. The molecule has 20 heavy (non-hydrogen) atoms. The average Bonchev–Trinajstić information content (AvgIpc) is 2.45. The van der Waals surface area contributed by atoms with Crippen molar-refractivity contribution in [2.24, 2.45) is 0 Å².